The van der Waals surface area contributed by atoms with Crippen molar-refractivity contribution < 1.29 is 19.4 Å². The van der Waals surface area contributed by atoms with Crippen LogP contribution in [0.25, 0.3) is 0 Å². The molecule has 0 aliphatic heterocycles. The van der Waals surface area contributed by atoms with Gasteiger partial charge in [0.15, 0.2) is 0 Å². The summed E-state index contributed by atoms with van der Waals surface area (Å²) in [4.78, 5) is 11.5. The van der Waals surface area contributed by atoms with E-state index >= 15 is 0 Å². The molecule has 0 bridgehead atoms. The van der Waals surface area contributed by atoms with E-state index < -0.39 is 6.16 Å². The minimum Gasteiger partial charge on any atom is -0.508 e. The Kier molecular flexibility index (Phi) is 15.1. The first-order chi connectivity index (χ1) is 14.7. The largest absolute Gasteiger partial charge is 0.513 e. The van der Waals surface area contributed by atoms with E-state index in [2.05, 4.69) is 60.8 Å². The third kappa shape index (κ3) is 15.0. The molecular weight excluding hydrogens is 376 g/mol. The molecule has 0 heterocycles. The van der Waals surface area contributed by atoms with Crippen molar-refractivity contribution in [2.75, 3.05) is 6.61 Å². The van der Waals surface area contributed by atoms with E-state index in [1.807, 2.05) is 6.92 Å². The van der Waals surface area contributed by atoms with Gasteiger partial charge in [-0.05, 0) is 76.1 Å². The Morgan fingerprint density at radius 3 is 1.90 bits per heavy atom. The SMILES string of the molecule is C/C=C\C/C=C\C/C=C\C/C=C\C/C=C\CCCCOC(=O)Oc1ccc(O)cc1. The number of ether oxygens (including phenoxy) is 2. The standard InChI is InChI=1S/C26H34O4/c1-2-3-4-5-6-7-8-9-10-11-12-13-14-15-16-17-18-23-29-26(28)30-25-21-19-24(27)20-22-25/h2-3,5-6,8-9,11-12,14-15,19-22,27H,4,7,10,13,16-18,23H2,1H3/b3-2-,6-5-,9-8-,12-11-,15-14-. The Labute approximate surface area is 180 Å². The first kappa shape index (κ1) is 25.0. The molecule has 0 atom stereocenters. The van der Waals surface area contributed by atoms with Crippen LogP contribution in [0.15, 0.2) is 85.0 Å². The smallest absolute Gasteiger partial charge is 0.508 e. The number of benzene rings is 1. The fourth-order valence-electron chi connectivity index (χ4n) is 2.40. The molecule has 0 saturated heterocycles. The summed E-state index contributed by atoms with van der Waals surface area (Å²) in [7, 11) is 0. The zero-order valence-electron chi connectivity index (χ0n) is 17.9. The van der Waals surface area contributed by atoms with Gasteiger partial charge in [-0.2, -0.15) is 0 Å². The molecule has 4 heteroatoms. The van der Waals surface area contributed by atoms with Crippen molar-refractivity contribution in [1.82, 2.24) is 0 Å². The number of phenols is 1. The zero-order valence-corrected chi connectivity index (χ0v) is 17.9. The molecule has 30 heavy (non-hydrogen) atoms. The summed E-state index contributed by atoms with van der Waals surface area (Å²) in [6.45, 7) is 2.37. The van der Waals surface area contributed by atoms with Gasteiger partial charge in [0.05, 0.1) is 6.61 Å². The maximum Gasteiger partial charge on any atom is 0.513 e. The molecule has 0 radical (unpaired) electrons. The Hall–Kier alpha value is -3.01. The van der Waals surface area contributed by atoms with Gasteiger partial charge >= 0.3 is 6.16 Å². The van der Waals surface area contributed by atoms with Crippen LogP contribution in [0.4, 0.5) is 4.79 Å². The van der Waals surface area contributed by atoms with E-state index in [-0.39, 0.29) is 5.75 Å². The van der Waals surface area contributed by atoms with Crippen molar-refractivity contribution >= 4 is 6.16 Å². The summed E-state index contributed by atoms with van der Waals surface area (Å²) in [6.07, 6.45) is 27.5. The summed E-state index contributed by atoms with van der Waals surface area (Å²) < 4.78 is 10.0. The van der Waals surface area contributed by atoms with Gasteiger partial charge < -0.3 is 14.6 Å². The first-order valence-corrected chi connectivity index (χ1v) is 10.6. The summed E-state index contributed by atoms with van der Waals surface area (Å²) >= 11 is 0. The van der Waals surface area contributed by atoms with Crippen LogP contribution in [0.2, 0.25) is 0 Å². The van der Waals surface area contributed by atoms with Gasteiger partial charge in [0.25, 0.3) is 0 Å². The summed E-state index contributed by atoms with van der Waals surface area (Å²) in [6, 6.07) is 5.92. The molecule has 1 rings (SSSR count). The van der Waals surface area contributed by atoms with Crippen LogP contribution in [-0.2, 0) is 4.74 Å². The predicted molar refractivity (Wildman–Crippen MR) is 124 cm³/mol. The molecule has 0 aliphatic rings. The van der Waals surface area contributed by atoms with Gasteiger partial charge in [0.2, 0.25) is 0 Å². The van der Waals surface area contributed by atoms with E-state index in [0.717, 1.165) is 44.9 Å². The van der Waals surface area contributed by atoms with Crippen molar-refractivity contribution in [3.63, 3.8) is 0 Å². The minimum absolute atomic E-state index is 0.121. The van der Waals surface area contributed by atoms with Gasteiger partial charge in [-0.3, -0.25) is 0 Å². The van der Waals surface area contributed by atoms with Crippen molar-refractivity contribution in [3.8, 4) is 11.5 Å². The third-order valence-corrected chi connectivity index (χ3v) is 4.01. The normalized spacial score (nSPS) is 12.2. The molecule has 4 nitrogen and oxygen atoms in total. The number of rotatable bonds is 14. The molecular formula is C26H34O4. The van der Waals surface area contributed by atoms with Crippen molar-refractivity contribution in [1.29, 1.82) is 0 Å². The second-order valence-corrected chi connectivity index (χ2v) is 6.59. The maximum absolute atomic E-state index is 11.5. The maximum atomic E-state index is 11.5. The second-order valence-electron chi connectivity index (χ2n) is 6.59. The average molecular weight is 411 g/mol. The lowest BCUT2D eigenvalue weighted by molar-refractivity contribution is 0.0975. The topological polar surface area (TPSA) is 55.8 Å². The van der Waals surface area contributed by atoms with Gasteiger partial charge in [0.1, 0.15) is 11.5 Å². The summed E-state index contributed by atoms with van der Waals surface area (Å²) in [5.74, 6) is 0.469. The highest BCUT2D eigenvalue weighted by Crippen LogP contribution is 2.16. The molecule has 0 fully saturated rings. The molecule has 0 aromatic heterocycles. The highest BCUT2D eigenvalue weighted by atomic mass is 16.7. The van der Waals surface area contributed by atoms with E-state index in [9.17, 15) is 9.90 Å². The van der Waals surface area contributed by atoms with Gasteiger partial charge in [-0.1, -0.05) is 60.8 Å². The Balaban J connectivity index is 1.95. The van der Waals surface area contributed by atoms with Gasteiger partial charge in [-0.15, -0.1) is 0 Å². The molecule has 1 aromatic rings. The summed E-state index contributed by atoms with van der Waals surface area (Å²) in [5.41, 5.74) is 0. The molecule has 0 unspecified atom stereocenters. The van der Waals surface area contributed by atoms with Gasteiger partial charge in [-0.25, -0.2) is 4.79 Å². The molecule has 0 aliphatic carbocycles. The Morgan fingerprint density at radius 2 is 1.33 bits per heavy atom. The number of allylic oxidation sites excluding steroid dienone is 10. The lowest BCUT2D eigenvalue weighted by Gasteiger charge is -2.05. The molecule has 1 aromatic carbocycles. The predicted octanol–water partition coefficient (Wildman–Crippen LogP) is 7.44. The number of unbranched alkanes of at least 4 members (excludes halogenated alkanes) is 2. The van der Waals surface area contributed by atoms with E-state index in [1.54, 1.807) is 0 Å². The number of carbonyl (C=O) groups excluding carboxylic acids is 1. The van der Waals surface area contributed by atoms with Crippen molar-refractivity contribution in [2.24, 2.45) is 0 Å². The van der Waals surface area contributed by atoms with Crippen LogP contribution in [0.3, 0.4) is 0 Å². The van der Waals surface area contributed by atoms with E-state index in [4.69, 9.17) is 9.47 Å². The second kappa shape index (κ2) is 18.0. The van der Waals surface area contributed by atoms with Crippen LogP contribution in [0, 0.1) is 0 Å². The van der Waals surface area contributed by atoms with Crippen LogP contribution < -0.4 is 4.74 Å². The van der Waals surface area contributed by atoms with Gasteiger partial charge in [0, 0.05) is 0 Å². The number of carbonyl (C=O) groups is 1. The Bertz CT molecular complexity index is 709. The molecule has 0 amide bonds. The highest BCUT2D eigenvalue weighted by molar-refractivity contribution is 5.63. The molecule has 0 spiro atoms. The number of hydrogen-bond acceptors (Lipinski definition) is 4. The van der Waals surface area contributed by atoms with Crippen molar-refractivity contribution in [3.05, 3.63) is 85.0 Å². The third-order valence-electron chi connectivity index (χ3n) is 4.01. The number of aromatic hydroxyl groups is 1. The van der Waals surface area contributed by atoms with Crippen molar-refractivity contribution in [2.45, 2.75) is 51.9 Å². The Morgan fingerprint density at radius 1 is 0.800 bits per heavy atom. The number of phenolic OH excluding ortho intramolecular Hbond substituents is 1. The number of hydrogen-bond donors (Lipinski definition) is 1. The van der Waals surface area contributed by atoms with Crippen LogP contribution >= 0.6 is 0 Å². The van der Waals surface area contributed by atoms with Crippen LogP contribution in [0.1, 0.15) is 51.9 Å². The quantitative estimate of drug-likeness (QED) is 0.150. The van der Waals surface area contributed by atoms with Crippen LogP contribution in [-0.4, -0.2) is 17.9 Å². The molecule has 162 valence electrons. The lowest BCUT2D eigenvalue weighted by Crippen LogP contribution is -2.11. The lowest BCUT2D eigenvalue weighted by atomic mass is 10.2. The first-order valence-electron chi connectivity index (χ1n) is 10.6. The average Bonchev–Trinajstić information content (AvgIpc) is 2.74. The fraction of sp³-hybridized carbons (Fsp3) is 0.346. The molecule has 0 saturated carbocycles. The highest BCUT2D eigenvalue weighted by Gasteiger charge is 2.05. The monoisotopic (exact) mass is 410 g/mol. The van der Waals surface area contributed by atoms with E-state index in [0.29, 0.717) is 12.4 Å². The minimum atomic E-state index is -0.722. The van der Waals surface area contributed by atoms with E-state index in [1.165, 1.54) is 24.3 Å². The zero-order chi connectivity index (χ0) is 21.7. The summed E-state index contributed by atoms with van der Waals surface area (Å²) in [5, 5.41) is 9.18. The fourth-order valence-corrected chi connectivity index (χ4v) is 2.40. The van der Waals surface area contributed by atoms with Crippen LogP contribution in [0.5, 0.6) is 11.5 Å². The molecule has 1 N–H and O–H groups in total.